The highest BCUT2D eigenvalue weighted by Gasteiger charge is 2.21. The largest absolute Gasteiger partial charge is 0.508 e. The molecule has 0 amide bonds. The van der Waals surface area contributed by atoms with Crippen molar-refractivity contribution in [1.82, 2.24) is 4.90 Å². The van der Waals surface area contributed by atoms with E-state index >= 15 is 0 Å². The molecule has 0 spiro atoms. The van der Waals surface area contributed by atoms with Crippen molar-refractivity contribution >= 4 is 7.60 Å². The number of hydrogen-bond acceptors (Lipinski definition) is 4. The number of benzene rings is 1. The summed E-state index contributed by atoms with van der Waals surface area (Å²) in [6.07, 6.45) is -0.397. The van der Waals surface area contributed by atoms with Gasteiger partial charge in [-0.3, -0.25) is 9.46 Å². The number of aliphatic hydroxyl groups excluding tert-OH is 1. The Morgan fingerprint density at radius 2 is 1.95 bits per heavy atom. The van der Waals surface area contributed by atoms with Crippen LogP contribution in [-0.4, -0.2) is 44.3 Å². The number of aliphatic hydroxyl groups is 1. The number of rotatable bonds is 7. The third-order valence-electron chi connectivity index (χ3n) is 2.65. The maximum Gasteiger partial charge on any atom is 0.339 e. The molecule has 0 aromatic heterocycles. The number of phenolic OH excluding ortho intramolecular Hbond substituents is 1. The molecule has 7 heteroatoms. The Morgan fingerprint density at radius 1 is 1.32 bits per heavy atom. The quantitative estimate of drug-likeness (QED) is 0.558. The van der Waals surface area contributed by atoms with Gasteiger partial charge in [0.15, 0.2) is 0 Å². The highest BCUT2D eigenvalue weighted by atomic mass is 31.2. The van der Waals surface area contributed by atoms with E-state index < -0.39 is 13.9 Å². The van der Waals surface area contributed by atoms with E-state index in [0.29, 0.717) is 12.1 Å². The maximum atomic E-state index is 11.1. The molecule has 0 bridgehead atoms. The molecule has 0 aliphatic carbocycles. The Morgan fingerprint density at radius 3 is 2.47 bits per heavy atom. The van der Waals surface area contributed by atoms with Gasteiger partial charge in [0.05, 0.1) is 0 Å². The number of aromatic hydroxyl groups is 1. The van der Waals surface area contributed by atoms with Crippen LogP contribution in [0.3, 0.4) is 0 Å². The minimum Gasteiger partial charge on any atom is -0.508 e. The lowest BCUT2D eigenvalue weighted by Gasteiger charge is -2.25. The van der Waals surface area contributed by atoms with Gasteiger partial charge < -0.3 is 20.0 Å². The van der Waals surface area contributed by atoms with Crippen molar-refractivity contribution in [1.29, 1.82) is 0 Å². The van der Waals surface area contributed by atoms with Gasteiger partial charge in [-0.2, -0.15) is 0 Å². The minimum absolute atomic E-state index is 0.0571. The standard InChI is InChI=1S/C12H20NO5P/c1-10(8-14)6-13(9-19(16,17)18)7-11-4-2-3-5-12(11)15/h2-5,10,14-15H,6-9H2,1H3,(H2,16,17,18). The first-order valence-electron chi connectivity index (χ1n) is 5.96. The van der Waals surface area contributed by atoms with Crippen LogP contribution in [0.25, 0.3) is 0 Å². The summed E-state index contributed by atoms with van der Waals surface area (Å²) in [5.41, 5.74) is 0.598. The molecule has 108 valence electrons. The second kappa shape index (κ2) is 7.03. The Kier molecular flexibility index (Phi) is 5.97. The van der Waals surface area contributed by atoms with Crippen LogP contribution in [0.1, 0.15) is 12.5 Å². The summed E-state index contributed by atoms with van der Waals surface area (Å²) in [5, 5.41) is 18.7. The lowest BCUT2D eigenvalue weighted by atomic mass is 10.1. The Labute approximate surface area is 112 Å². The summed E-state index contributed by atoms with van der Waals surface area (Å²) in [6.45, 7) is 2.30. The highest BCUT2D eigenvalue weighted by Crippen LogP contribution is 2.36. The zero-order valence-corrected chi connectivity index (χ0v) is 11.7. The predicted octanol–water partition coefficient (Wildman–Crippen LogP) is 0.958. The summed E-state index contributed by atoms with van der Waals surface area (Å²) < 4.78 is 11.1. The average Bonchev–Trinajstić information content (AvgIpc) is 2.29. The van der Waals surface area contributed by atoms with E-state index in [2.05, 4.69) is 0 Å². The van der Waals surface area contributed by atoms with Crippen LogP contribution < -0.4 is 0 Å². The fourth-order valence-electron chi connectivity index (χ4n) is 1.82. The molecule has 0 aliphatic rings. The SMILES string of the molecule is CC(CO)CN(Cc1ccccc1O)CP(=O)(O)O. The van der Waals surface area contributed by atoms with E-state index in [-0.39, 0.29) is 24.8 Å². The van der Waals surface area contributed by atoms with Crippen LogP contribution in [0.4, 0.5) is 0 Å². The van der Waals surface area contributed by atoms with Gasteiger partial charge in [0.25, 0.3) is 0 Å². The van der Waals surface area contributed by atoms with Crippen LogP contribution in [0.5, 0.6) is 5.75 Å². The van der Waals surface area contributed by atoms with Crippen LogP contribution in [0.2, 0.25) is 0 Å². The molecule has 1 rings (SSSR count). The molecule has 1 atom stereocenters. The number of nitrogens with zero attached hydrogens (tertiary/aromatic N) is 1. The normalized spacial score (nSPS) is 13.7. The third kappa shape index (κ3) is 6.18. The Balaban J connectivity index is 2.79. The third-order valence-corrected chi connectivity index (χ3v) is 3.42. The van der Waals surface area contributed by atoms with E-state index in [1.165, 1.54) is 11.0 Å². The minimum atomic E-state index is -4.18. The van der Waals surface area contributed by atoms with Crippen LogP contribution >= 0.6 is 7.60 Å². The van der Waals surface area contributed by atoms with Gasteiger partial charge in [0.2, 0.25) is 0 Å². The second-order valence-electron chi connectivity index (χ2n) is 4.73. The van der Waals surface area contributed by atoms with E-state index in [9.17, 15) is 9.67 Å². The molecule has 4 N–H and O–H groups in total. The van der Waals surface area contributed by atoms with Crippen molar-refractivity contribution in [2.75, 3.05) is 19.4 Å². The maximum absolute atomic E-state index is 11.1. The monoisotopic (exact) mass is 289 g/mol. The van der Waals surface area contributed by atoms with Crippen molar-refractivity contribution in [3.8, 4) is 5.75 Å². The lowest BCUT2D eigenvalue weighted by molar-refractivity contribution is 0.175. The molecule has 1 aromatic carbocycles. The molecule has 1 aromatic rings. The van der Waals surface area contributed by atoms with Crippen LogP contribution in [-0.2, 0) is 11.1 Å². The van der Waals surface area contributed by atoms with Gasteiger partial charge in [-0.15, -0.1) is 0 Å². The zero-order valence-electron chi connectivity index (χ0n) is 10.8. The van der Waals surface area contributed by atoms with Crippen LogP contribution in [0, 0.1) is 5.92 Å². The fourth-order valence-corrected chi connectivity index (χ4v) is 2.55. The second-order valence-corrected chi connectivity index (χ2v) is 6.35. The topological polar surface area (TPSA) is 101 Å². The van der Waals surface area contributed by atoms with Gasteiger partial charge in [-0.05, 0) is 12.0 Å². The number of para-hydroxylation sites is 1. The van der Waals surface area contributed by atoms with Gasteiger partial charge in [0.1, 0.15) is 12.0 Å². The Bertz CT molecular complexity index is 448. The first kappa shape index (κ1) is 16.1. The smallest absolute Gasteiger partial charge is 0.339 e. The first-order chi connectivity index (χ1) is 8.81. The van der Waals surface area contributed by atoms with Crippen molar-refractivity contribution in [3.05, 3.63) is 29.8 Å². The average molecular weight is 289 g/mol. The molecule has 1 unspecified atom stereocenters. The summed E-state index contributed by atoms with van der Waals surface area (Å²) in [5.74, 6) is -0.00716. The van der Waals surface area contributed by atoms with E-state index in [1.807, 2.05) is 0 Å². The molecule has 0 radical (unpaired) electrons. The van der Waals surface area contributed by atoms with E-state index in [1.54, 1.807) is 25.1 Å². The summed E-state index contributed by atoms with van der Waals surface area (Å²) >= 11 is 0. The molecule has 19 heavy (non-hydrogen) atoms. The van der Waals surface area contributed by atoms with Crippen molar-refractivity contribution in [2.45, 2.75) is 13.5 Å². The van der Waals surface area contributed by atoms with Crippen molar-refractivity contribution < 1.29 is 24.6 Å². The molecule has 0 saturated heterocycles. The molecule has 6 nitrogen and oxygen atoms in total. The molecular formula is C12H20NO5P. The lowest BCUT2D eigenvalue weighted by Crippen LogP contribution is -2.30. The first-order valence-corrected chi connectivity index (χ1v) is 7.76. The Hall–Kier alpha value is -0.910. The van der Waals surface area contributed by atoms with Crippen LogP contribution in [0.15, 0.2) is 24.3 Å². The molecule has 0 saturated carbocycles. The molecular weight excluding hydrogens is 269 g/mol. The molecule has 0 aliphatic heterocycles. The number of hydrogen-bond donors (Lipinski definition) is 4. The van der Waals surface area contributed by atoms with E-state index in [0.717, 1.165) is 0 Å². The van der Waals surface area contributed by atoms with Crippen molar-refractivity contribution in [3.63, 3.8) is 0 Å². The number of phenols is 1. The van der Waals surface area contributed by atoms with E-state index in [4.69, 9.17) is 14.9 Å². The zero-order chi connectivity index (χ0) is 14.5. The predicted molar refractivity (Wildman–Crippen MR) is 71.7 cm³/mol. The van der Waals surface area contributed by atoms with Gasteiger partial charge in [-0.1, -0.05) is 25.1 Å². The van der Waals surface area contributed by atoms with Gasteiger partial charge in [-0.25, -0.2) is 0 Å². The summed E-state index contributed by atoms with van der Waals surface area (Å²) in [4.78, 5) is 19.7. The summed E-state index contributed by atoms with van der Waals surface area (Å²) in [6, 6.07) is 6.66. The van der Waals surface area contributed by atoms with Gasteiger partial charge >= 0.3 is 7.60 Å². The fraction of sp³-hybridized carbons (Fsp3) is 0.500. The molecule has 0 heterocycles. The highest BCUT2D eigenvalue weighted by molar-refractivity contribution is 7.51. The molecule has 0 fully saturated rings. The van der Waals surface area contributed by atoms with Crippen molar-refractivity contribution in [2.24, 2.45) is 5.92 Å². The summed E-state index contributed by atoms with van der Waals surface area (Å²) in [7, 11) is -4.18. The van der Waals surface area contributed by atoms with Gasteiger partial charge in [0, 0.05) is 25.3 Å².